The number of carbonyl (C=O) groups excluding carboxylic acids is 2. The molecule has 0 amide bonds. The molecule has 0 saturated heterocycles. The number of benzene rings is 1. The van der Waals surface area contributed by atoms with Gasteiger partial charge in [0.05, 0.1) is 0 Å². The molecule has 2 unspecified atom stereocenters. The van der Waals surface area contributed by atoms with E-state index in [-0.39, 0.29) is 11.7 Å². The Morgan fingerprint density at radius 2 is 1.34 bits per heavy atom. The van der Waals surface area contributed by atoms with Crippen molar-refractivity contribution in [3.05, 3.63) is 35.9 Å². The predicted octanol–water partition coefficient (Wildman–Crippen LogP) is 8.64. The van der Waals surface area contributed by atoms with Crippen molar-refractivity contribution in [1.82, 2.24) is 0 Å². The van der Waals surface area contributed by atoms with E-state index in [9.17, 15) is 9.59 Å². The normalized spacial score (nSPS) is 11.6. The smallest absolute Gasteiger partial charge is 0.137 e. The number of rotatable bonds is 9. The highest BCUT2D eigenvalue weighted by molar-refractivity contribution is 5.83. The number of hydrogen-bond acceptors (Lipinski definition) is 2. The van der Waals surface area contributed by atoms with Crippen molar-refractivity contribution in [3.63, 3.8) is 0 Å². The van der Waals surface area contributed by atoms with Crippen LogP contribution in [0.15, 0.2) is 30.3 Å². The summed E-state index contributed by atoms with van der Waals surface area (Å²) >= 11 is 0. The molecule has 29 heavy (non-hydrogen) atoms. The molecule has 0 aliphatic carbocycles. The van der Waals surface area contributed by atoms with E-state index in [0.29, 0.717) is 11.7 Å². The van der Waals surface area contributed by atoms with Crippen LogP contribution in [0.4, 0.5) is 0 Å². The standard InChI is InChI=1S/C13H18O.C7H14O.C5H12.C2H6/c1-3-4-10-13(11(2)14)12-8-6-5-7-9-12;1-4-6(2)5-7(3)8;1-4-5(2)3;1-2/h5-9,13H,3-4,10H2,1-2H3;6H,4-5H2,1-3H3;5H,4H2,1-3H3;1-2H3. The quantitative estimate of drug-likeness (QED) is 0.411. The first-order valence-electron chi connectivity index (χ1n) is 11.7. The Labute approximate surface area is 182 Å². The Morgan fingerprint density at radius 1 is 0.862 bits per heavy atom. The molecule has 0 heterocycles. The van der Waals surface area contributed by atoms with Gasteiger partial charge in [0.1, 0.15) is 11.6 Å². The Hall–Kier alpha value is -1.44. The van der Waals surface area contributed by atoms with Gasteiger partial charge in [-0.1, -0.05) is 111 Å². The van der Waals surface area contributed by atoms with Crippen molar-refractivity contribution >= 4 is 11.6 Å². The van der Waals surface area contributed by atoms with Gasteiger partial charge in [0.15, 0.2) is 0 Å². The second-order valence-electron chi connectivity index (χ2n) is 7.94. The maximum absolute atomic E-state index is 11.5. The lowest BCUT2D eigenvalue weighted by Gasteiger charge is -2.13. The molecule has 0 aliphatic rings. The van der Waals surface area contributed by atoms with Crippen molar-refractivity contribution in [3.8, 4) is 0 Å². The van der Waals surface area contributed by atoms with Crippen LogP contribution < -0.4 is 0 Å². The highest BCUT2D eigenvalue weighted by atomic mass is 16.1. The third kappa shape index (κ3) is 22.7. The fraction of sp³-hybridized carbons (Fsp3) is 0.704. The van der Waals surface area contributed by atoms with Crippen molar-refractivity contribution in [1.29, 1.82) is 0 Å². The van der Waals surface area contributed by atoms with Crippen LogP contribution in [0, 0.1) is 11.8 Å². The SMILES string of the molecule is CC.CCC(C)C.CCC(C)CC(C)=O.CCCCC(C(C)=O)c1ccccc1. The topological polar surface area (TPSA) is 34.1 Å². The average molecular weight is 407 g/mol. The van der Waals surface area contributed by atoms with Crippen LogP contribution in [0.3, 0.4) is 0 Å². The minimum absolute atomic E-state index is 0.108. The van der Waals surface area contributed by atoms with Crippen LogP contribution in [0.5, 0.6) is 0 Å². The molecule has 0 aromatic heterocycles. The molecule has 0 saturated carbocycles. The first kappa shape index (κ1) is 32.2. The minimum atomic E-state index is 0.108. The summed E-state index contributed by atoms with van der Waals surface area (Å²) in [5.41, 5.74) is 1.16. The van der Waals surface area contributed by atoms with Crippen LogP contribution in [0.25, 0.3) is 0 Å². The number of Topliss-reactive ketones (excluding diaryl/α,β-unsaturated/α-hetero) is 2. The van der Waals surface area contributed by atoms with E-state index in [4.69, 9.17) is 0 Å². The number of unbranched alkanes of at least 4 members (excludes halogenated alkanes) is 1. The lowest BCUT2D eigenvalue weighted by atomic mass is 9.90. The van der Waals surface area contributed by atoms with E-state index in [0.717, 1.165) is 43.6 Å². The van der Waals surface area contributed by atoms with Gasteiger partial charge in [-0.25, -0.2) is 0 Å². The van der Waals surface area contributed by atoms with Gasteiger partial charge in [-0.15, -0.1) is 0 Å². The van der Waals surface area contributed by atoms with Crippen molar-refractivity contribution in [2.24, 2.45) is 11.8 Å². The largest absolute Gasteiger partial charge is 0.300 e. The molecule has 0 radical (unpaired) electrons. The summed E-state index contributed by atoms with van der Waals surface area (Å²) in [5, 5.41) is 0. The zero-order chi connectivity index (χ0) is 23.2. The third-order valence-corrected chi connectivity index (χ3v) is 4.69. The molecular weight excluding hydrogens is 356 g/mol. The van der Waals surface area contributed by atoms with Gasteiger partial charge in [-0.05, 0) is 37.7 Å². The molecule has 0 spiro atoms. The highest BCUT2D eigenvalue weighted by Gasteiger charge is 2.14. The molecule has 0 aliphatic heterocycles. The molecule has 2 nitrogen and oxygen atoms in total. The van der Waals surface area contributed by atoms with Crippen LogP contribution in [0.2, 0.25) is 0 Å². The predicted molar refractivity (Wildman–Crippen MR) is 131 cm³/mol. The third-order valence-electron chi connectivity index (χ3n) is 4.69. The van der Waals surface area contributed by atoms with Gasteiger partial charge in [-0.2, -0.15) is 0 Å². The maximum Gasteiger partial charge on any atom is 0.137 e. The summed E-state index contributed by atoms with van der Waals surface area (Å²) in [6, 6.07) is 10.1. The van der Waals surface area contributed by atoms with Crippen molar-refractivity contribution in [2.75, 3.05) is 0 Å². The summed E-state index contributed by atoms with van der Waals surface area (Å²) in [6.45, 7) is 20.3. The number of ketones is 2. The average Bonchev–Trinajstić information content (AvgIpc) is 2.70. The minimum Gasteiger partial charge on any atom is -0.300 e. The Bertz CT molecular complexity index is 477. The van der Waals surface area contributed by atoms with Crippen LogP contribution in [-0.4, -0.2) is 11.6 Å². The van der Waals surface area contributed by atoms with E-state index in [2.05, 4.69) is 41.5 Å². The van der Waals surface area contributed by atoms with E-state index in [1.165, 1.54) is 6.42 Å². The summed E-state index contributed by atoms with van der Waals surface area (Å²) in [4.78, 5) is 21.9. The first-order valence-corrected chi connectivity index (χ1v) is 11.7. The zero-order valence-electron chi connectivity index (χ0n) is 21.2. The molecule has 2 heteroatoms. The Kier molecular flexibility index (Phi) is 25.4. The molecule has 0 fully saturated rings. The monoisotopic (exact) mass is 406 g/mol. The zero-order valence-corrected chi connectivity index (χ0v) is 21.2. The van der Waals surface area contributed by atoms with Gasteiger partial charge in [0, 0.05) is 12.3 Å². The fourth-order valence-corrected chi connectivity index (χ4v) is 2.33. The van der Waals surface area contributed by atoms with E-state index < -0.39 is 0 Å². The second-order valence-corrected chi connectivity index (χ2v) is 7.94. The number of hydrogen-bond donors (Lipinski definition) is 0. The highest BCUT2D eigenvalue weighted by Crippen LogP contribution is 2.22. The van der Waals surface area contributed by atoms with Crippen molar-refractivity contribution < 1.29 is 9.59 Å². The first-order chi connectivity index (χ1) is 13.7. The lowest BCUT2D eigenvalue weighted by molar-refractivity contribution is -0.119. The van der Waals surface area contributed by atoms with Gasteiger partial charge in [-0.3, -0.25) is 4.79 Å². The molecule has 0 N–H and O–H groups in total. The number of carbonyl (C=O) groups is 2. The maximum atomic E-state index is 11.5. The van der Waals surface area contributed by atoms with Gasteiger partial charge in [0.2, 0.25) is 0 Å². The molecule has 1 aromatic rings. The summed E-state index contributed by atoms with van der Waals surface area (Å²) in [7, 11) is 0. The van der Waals surface area contributed by atoms with E-state index in [1.54, 1.807) is 13.8 Å². The molecule has 2 atom stereocenters. The summed E-state index contributed by atoms with van der Waals surface area (Å²) in [6.07, 6.45) is 6.42. The Balaban J connectivity index is -0.000000382. The molecule has 1 aromatic carbocycles. The molecule has 1 rings (SSSR count). The Morgan fingerprint density at radius 3 is 1.62 bits per heavy atom. The molecular formula is C27H50O2. The lowest BCUT2D eigenvalue weighted by Crippen LogP contribution is -2.08. The second kappa shape index (κ2) is 22.8. The van der Waals surface area contributed by atoms with E-state index >= 15 is 0 Å². The van der Waals surface area contributed by atoms with Crippen molar-refractivity contribution in [2.45, 2.75) is 114 Å². The van der Waals surface area contributed by atoms with Gasteiger partial charge in [0.25, 0.3) is 0 Å². The van der Waals surface area contributed by atoms with Crippen LogP contribution in [-0.2, 0) is 9.59 Å². The van der Waals surface area contributed by atoms with E-state index in [1.807, 2.05) is 44.2 Å². The van der Waals surface area contributed by atoms with Gasteiger partial charge >= 0.3 is 0 Å². The molecule has 0 bridgehead atoms. The van der Waals surface area contributed by atoms with Gasteiger partial charge < -0.3 is 4.79 Å². The summed E-state index contributed by atoms with van der Waals surface area (Å²) in [5.74, 6) is 2.16. The fourth-order valence-electron chi connectivity index (χ4n) is 2.33. The molecule has 170 valence electrons. The summed E-state index contributed by atoms with van der Waals surface area (Å²) < 4.78 is 0. The van der Waals surface area contributed by atoms with Crippen LogP contribution in [0.1, 0.15) is 119 Å². The van der Waals surface area contributed by atoms with Crippen LogP contribution >= 0.6 is 0 Å².